The minimum atomic E-state index is -1.08. The Morgan fingerprint density at radius 3 is 2.09 bits per heavy atom. The predicted molar refractivity (Wildman–Crippen MR) is 125 cm³/mol. The molecule has 0 bridgehead atoms. The van der Waals surface area contributed by atoms with Gasteiger partial charge in [-0.05, 0) is 24.5 Å². The second-order valence-corrected chi connectivity index (χ2v) is 7.30. The molecular formula is C25H29N3O6. The van der Waals surface area contributed by atoms with E-state index in [-0.39, 0.29) is 26.1 Å². The van der Waals surface area contributed by atoms with Crippen molar-refractivity contribution in [1.29, 1.82) is 0 Å². The Kier molecular flexibility index (Phi) is 10.8. The van der Waals surface area contributed by atoms with Gasteiger partial charge in [0.25, 0.3) is 0 Å². The van der Waals surface area contributed by atoms with Crippen molar-refractivity contribution in [3.05, 3.63) is 83.9 Å². The Hall–Kier alpha value is -4.14. The summed E-state index contributed by atoms with van der Waals surface area (Å²) in [5.74, 6) is -1.97. The molecule has 0 aliphatic rings. The number of carbonyl (C=O) groups excluding carboxylic acids is 4. The molecule has 0 aliphatic heterocycles. The van der Waals surface area contributed by atoms with Crippen molar-refractivity contribution in [2.24, 2.45) is 5.73 Å². The molecule has 180 valence electrons. The fraction of sp³-hybridized carbons (Fsp3) is 0.280. The van der Waals surface area contributed by atoms with Crippen molar-refractivity contribution < 1.29 is 28.7 Å². The van der Waals surface area contributed by atoms with Crippen LogP contribution in [0.4, 0.5) is 4.79 Å². The maximum Gasteiger partial charge on any atom is 0.408 e. The Bertz CT molecular complexity index is 979. The van der Waals surface area contributed by atoms with Crippen LogP contribution >= 0.6 is 0 Å². The lowest BCUT2D eigenvalue weighted by atomic mass is 10.0. The van der Waals surface area contributed by atoms with Crippen LogP contribution in [0.3, 0.4) is 0 Å². The monoisotopic (exact) mass is 467 g/mol. The van der Waals surface area contributed by atoms with E-state index in [0.29, 0.717) is 0 Å². The molecule has 0 aliphatic carbocycles. The van der Waals surface area contributed by atoms with E-state index >= 15 is 0 Å². The highest BCUT2D eigenvalue weighted by atomic mass is 16.5. The van der Waals surface area contributed by atoms with Crippen LogP contribution in [0.15, 0.2) is 72.8 Å². The molecule has 3 amide bonds. The number of carbonyl (C=O) groups is 4. The molecule has 2 rings (SSSR count). The summed E-state index contributed by atoms with van der Waals surface area (Å²) in [6.45, 7) is 1.92. The molecule has 0 unspecified atom stereocenters. The van der Waals surface area contributed by atoms with E-state index in [0.717, 1.165) is 17.2 Å². The average Bonchev–Trinajstić information content (AvgIpc) is 2.83. The number of amides is 3. The summed E-state index contributed by atoms with van der Waals surface area (Å²) in [4.78, 5) is 48.6. The van der Waals surface area contributed by atoms with Gasteiger partial charge in [-0.1, -0.05) is 66.7 Å². The molecule has 2 atom stereocenters. The Morgan fingerprint density at radius 2 is 1.50 bits per heavy atom. The van der Waals surface area contributed by atoms with Gasteiger partial charge in [0, 0.05) is 12.5 Å². The van der Waals surface area contributed by atoms with Crippen LogP contribution in [-0.2, 0) is 36.9 Å². The normalized spacial score (nSPS) is 12.4. The van der Waals surface area contributed by atoms with Crippen LogP contribution in [0.2, 0.25) is 0 Å². The number of alkyl carbamates (subject to hydrolysis) is 1. The minimum Gasteiger partial charge on any atom is -0.463 e. The molecule has 0 saturated carbocycles. The van der Waals surface area contributed by atoms with Gasteiger partial charge >= 0.3 is 12.1 Å². The van der Waals surface area contributed by atoms with E-state index in [1.165, 1.54) is 6.08 Å². The lowest BCUT2D eigenvalue weighted by molar-refractivity contribution is -0.137. The Balaban J connectivity index is 2.05. The first-order valence-electron chi connectivity index (χ1n) is 10.8. The molecule has 0 saturated heterocycles. The van der Waals surface area contributed by atoms with E-state index in [2.05, 4.69) is 10.6 Å². The summed E-state index contributed by atoms with van der Waals surface area (Å²) in [6.07, 6.45) is 1.92. The van der Waals surface area contributed by atoms with E-state index in [9.17, 15) is 19.2 Å². The van der Waals surface area contributed by atoms with Crippen LogP contribution in [0.5, 0.6) is 0 Å². The van der Waals surface area contributed by atoms with Gasteiger partial charge in [-0.15, -0.1) is 0 Å². The third-order valence-corrected chi connectivity index (χ3v) is 4.68. The minimum absolute atomic E-state index is 0.0175. The van der Waals surface area contributed by atoms with Crippen LogP contribution in [-0.4, -0.2) is 42.6 Å². The number of benzene rings is 2. The summed E-state index contributed by atoms with van der Waals surface area (Å²) in [7, 11) is 0. The molecule has 0 aromatic heterocycles. The Labute approximate surface area is 198 Å². The molecule has 9 heteroatoms. The largest absolute Gasteiger partial charge is 0.463 e. The number of nitrogens with two attached hydrogens (primary N) is 1. The van der Waals surface area contributed by atoms with Crippen molar-refractivity contribution in [3.8, 4) is 0 Å². The van der Waals surface area contributed by atoms with Gasteiger partial charge in [-0.3, -0.25) is 9.59 Å². The summed E-state index contributed by atoms with van der Waals surface area (Å²) in [5, 5.41) is 5.09. The van der Waals surface area contributed by atoms with E-state index < -0.39 is 36.0 Å². The molecule has 0 spiro atoms. The number of ether oxygens (including phenoxy) is 2. The quantitative estimate of drug-likeness (QED) is 0.323. The van der Waals surface area contributed by atoms with Crippen LogP contribution in [0.25, 0.3) is 0 Å². The zero-order valence-corrected chi connectivity index (χ0v) is 18.9. The van der Waals surface area contributed by atoms with Crippen molar-refractivity contribution >= 4 is 23.9 Å². The molecule has 0 radical (unpaired) electrons. The third kappa shape index (κ3) is 9.56. The van der Waals surface area contributed by atoms with Gasteiger partial charge in [-0.2, -0.15) is 0 Å². The van der Waals surface area contributed by atoms with Crippen LogP contribution in [0, 0.1) is 0 Å². The first-order chi connectivity index (χ1) is 16.4. The molecule has 0 heterocycles. The van der Waals surface area contributed by atoms with Crippen molar-refractivity contribution in [2.75, 3.05) is 6.61 Å². The van der Waals surface area contributed by atoms with Gasteiger partial charge in [0.15, 0.2) is 0 Å². The van der Waals surface area contributed by atoms with Crippen molar-refractivity contribution in [3.63, 3.8) is 0 Å². The second kappa shape index (κ2) is 14.1. The van der Waals surface area contributed by atoms with Crippen LogP contribution in [0.1, 0.15) is 24.5 Å². The standard InChI is InChI=1S/C25H29N3O6/c1-2-33-22(29)15-9-14-20(23(26)30)27-24(31)21(16-18-10-5-3-6-11-18)28-25(32)34-17-19-12-7-4-8-13-19/h3-13,15,20-21H,2,14,16-17H2,1H3,(H2,26,30)(H,27,31)(H,28,32)/b15-9+/t20-,21-/m0/s1. The zero-order chi connectivity index (χ0) is 24.8. The maximum atomic E-state index is 13.0. The topological polar surface area (TPSA) is 137 Å². The highest BCUT2D eigenvalue weighted by molar-refractivity contribution is 5.91. The highest BCUT2D eigenvalue weighted by Gasteiger charge is 2.26. The predicted octanol–water partition coefficient (Wildman–Crippen LogP) is 2.00. The maximum absolute atomic E-state index is 13.0. The summed E-state index contributed by atoms with van der Waals surface area (Å²) >= 11 is 0. The lowest BCUT2D eigenvalue weighted by Gasteiger charge is -2.21. The fourth-order valence-electron chi connectivity index (χ4n) is 2.98. The zero-order valence-electron chi connectivity index (χ0n) is 18.9. The molecule has 0 fully saturated rings. The third-order valence-electron chi connectivity index (χ3n) is 4.68. The van der Waals surface area contributed by atoms with Crippen molar-refractivity contribution in [2.45, 2.75) is 38.5 Å². The second-order valence-electron chi connectivity index (χ2n) is 7.30. The number of esters is 1. The number of hydrogen-bond acceptors (Lipinski definition) is 6. The number of hydrogen-bond donors (Lipinski definition) is 3. The smallest absolute Gasteiger partial charge is 0.408 e. The molecule has 2 aromatic carbocycles. The van der Waals surface area contributed by atoms with E-state index in [1.54, 1.807) is 6.92 Å². The molecular weight excluding hydrogens is 438 g/mol. The number of rotatable bonds is 12. The molecule has 2 aromatic rings. The van der Waals surface area contributed by atoms with Crippen LogP contribution < -0.4 is 16.4 Å². The first-order valence-corrected chi connectivity index (χ1v) is 10.8. The van der Waals surface area contributed by atoms with E-state index in [4.69, 9.17) is 15.2 Å². The summed E-state index contributed by atoms with van der Waals surface area (Å²) in [6, 6.07) is 16.1. The van der Waals surface area contributed by atoms with Gasteiger partial charge in [0.2, 0.25) is 11.8 Å². The van der Waals surface area contributed by atoms with Crippen molar-refractivity contribution in [1.82, 2.24) is 10.6 Å². The van der Waals surface area contributed by atoms with Gasteiger partial charge in [0.05, 0.1) is 6.61 Å². The SMILES string of the molecule is CCOC(=O)/C=C/C[C@H](NC(=O)[C@H](Cc1ccccc1)NC(=O)OCc1ccccc1)C(N)=O. The van der Waals surface area contributed by atoms with Gasteiger partial charge < -0.3 is 25.8 Å². The molecule has 34 heavy (non-hydrogen) atoms. The van der Waals surface area contributed by atoms with Gasteiger partial charge in [-0.25, -0.2) is 9.59 Å². The van der Waals surface area contributed by atoms with E-state index in [1.807, 2.05) is 60.7 Å². The van der Waals surface area contributed by atoms with Gasteiger partial charge in [0.1, 0.15) is 18.7 Å². The molecule has 4 N–H and O–H groups in total. The number of primary amides is 1. The fourth-order valence-corrected chi connectivity index (χ4v) is 2.98. The summed E-state index contributed by atoms with van der Waals surface area (Å²) in [5.41, 5.74) is 7.00. The first kappa shape index (κ1) is 26.1. The number of nitrogens with one attached hydrogen (secondary N) is 2. The highest BCUT2D eigenvalue weighted by Crippen LogP contribution is 2.06. The summed E-state index contributed by atoms with van der Waals surface area (Å²) < 4.78 is 10.0. The molecule has 9 nitrogen and oxygen atoms in total. The lowest BCUT2D eigenvalue weighted by Crippen LogP contribution is -2.53. The average molecular weight is 468 g/mol. The Morgan fingerprint density at radius 1 is 0.882 bits per heavy atom.